The summed E-state index contributed by atoms with van der Waals surface area (Å²) in [5.41, 5.74) is 1.21. The summed E-state index contributed by atoms with van der Waals surface area (Å²) in [5.74, 6) is 0. The number of rotatable bonds is 5. The monoisotopic (exact) mass is 315 g/mol. The summed E-state index contributed by atoms with van der Waals surface area (Å²) in [6.07, 6.45) is 1.89. The molecule has 2 aromatic heterocycles. The van der Waals surface area contributed by atoms with Gasteiger partial charge in [0.2, 0.25) is 0 Å². The van der Waals surface area contributed by atoms with Crippen molar-refractivity contribution in [3.8, 4) is 0 Å². The summed E-state index contributed by atoms with van der Waals surface area (Å²) in [7, 11) is -1.08. The second-order valence-electron chi connectivity index (χ2n) is 6.78. The van der Waals surface area contributed by atoms with Crippen molar-refractivity contribution in [1.82, 2.24) is 4.57 Å². The van der Waals surface area contributed by atoms with Crippen LogP contribution in [0.15, 0.2) is 45.7 Å². The number of nitrogens with zero attached hydrogens (tertiary/aromatic N) is 1. The van der Waals surface area contributed by atoms with Crippen molar-refractivity contribution in [3.05, 3.63) is 46.9 Å². The first-order valence-corrected chi connectivity index (χ1v) is 11.2. The molecule has 0 radical (unpaired) electrons. The molecule has 0 N–H and O–H groups in total. The van der Waals surface area contributed by atoms with E-state index in [1.165, 1.54) is 0 Å². The topological polar surface area (TPSA) is 44.4 Å². The van der Waals surface area contributed by atoms with Gasteiger partial charge in [0.05, 0.1) is 10.9 Å². The van der Waals surface area contributed by atoms with Crippen LogP contribution >= 0.6 is 0 Å². The lowest BCUT2D eigenvalue weighted by molar-refractivity contribution is 0.0903. The summed E-state index contributed by atoms with van der Waals surface area (Å²) >= 11 is 0. The Hall–Kier alpha value is -1.85. The van der Waals surface area contributed by atoms with E-state index in [1.54, 1.807) is 6.07 Å². The van der Waals surface area contributed by atoms with Crippen LogP contribution in [0, 0.1) is 0 Å². The average Bonchev–Trinajstić information content (AvgIpc) is 2.88. The van der Waals surface area contributed by atoms with Gasteiger partial charge in [0.1, 0.15) is 12.3 Å². The van der Waals surface area contributed by atoms with Gasteiger partial charge >= 0.3 is 5.63 Å². The van der Waals surface area contributed by atoms with E-state index in [4.69, 9.17) is 9.15 Å². The molecule has 3 aromatic rings. The van der Waals surface area contributed by atoms with Gasteiger partial charge in [0.15, 0.2) is 0 Å². The van der Waals surface area contributed by atoms with Crippen LogP contribution in [0.25, 0.3) is 21.9 Å². The fourth-order valence-corrected chi connectivity index (χ4v) is 3.25. The van der Waals surface area contributed by atoms with Crippen LogP contribution in [0.2, 0.25) is 25.7 Å². The lowest BCUT2D eigenvalue weighted by Crippen LogP contribution is -2.22. The zero-order valence-corrected chi connectivity index (χ0v) is 14.3. The molecular weight excluding hydrogens is 294 g/mol. The van der Waals surface area contributed by atoms with Crippen LogP contribution < -0.4 is 5.63 Å². The van der Waals surface area contributed by atoms with E-state index in [1.807, 2.05) is 35.0 Å². The molecule has 3 rings (SSSR count). The number of hydrogen-bond acceptors (Lipinski definition) is 3. The second-order valence-corrected chi connectivity index (χ2v) is 12.4. The second kappa shape index (κ2) is 5.74. The fraction of sp³-hybridized carbons (Fsp3) is 0.353. The third-order valence-electron chi connectivity index (χ3n) is 3.76. The summed E-state index contributed by atoms with van der Waals surface area (Å²) < 4.78 is 13.2. The number of benzene rings is 1. The van der Waals surface area contributed by atoms with Crippen molar-refractivity contribution < 1.29 is 9.15 Å². The fourth-order valence-electron chi connectivity index (χ4n) is 2.49. The summed E-state index contributed by atoms with van der Waals surface area (Å²) in [6, 6.07) is 10.5. The van der Waals surface area contributed by atoms with E-state index in [9.17, 15) is 4.79 Å². The van der Waals surface area contributed by atoms with Gasteiger partial charge in [-0.05, 0) is 24.2 Å². The SMILES string of the molecule is C[Si](C)(C)CCOCn1ccc2c(=O)oc3ccccc3c21. The molecule has 1 aromatic carbocycles. The van der Waals surface area contributed by atoms with Crippen molar-refractivity contribution >= 4 is 29.9 Å². The van der Waals surface area contributed by atoms with Crippen molar-refractivity contribution in [2.24, 2.45) is 0 Å². The molecule has 0 amide bonds. The summed E-state index contributed by atoms with van der Waals surface area (Å²) in [4.78, 5) is 12.1. The van der Waals surface area contributed by atoms with Gasteiger partial charge in [-0.3, -0.25) is 0 Å². The number of aromatic nitrogens is 1. The van der Waals surface area contributed by atoms with Crippen LogP contribution in [0.5, 0.6) is 0 Å². The Morgan fingerprint density at radius 3 is 2.68 bits per heavy atom. The first kappa shape index (κ1) is 15.1. The molecule has 0 spiro atoms. The van der Waals surface area contributed by atoms with Crippen LogP contribution in [-0.4, -0.2) is 19.2 Å². The van der Waals surface area contributed by atoms with Crippen molar-refractivity contribution in [2.75, 3.05) is 6.61 Å². The van der Waals surface area contributed by atoms with Gasteiger partial charge in [0, 0.05) is 26.3 Å². The molecule has 116 valence electrons. The Kier molecular flexibility index (Phi) is 3.93. The third-order valence-corrected chi connectivity index (χ3v) is 5.46. The third kappa shape index (κ3) is 3.00. The highest BCUT2D eigenvalue weighted by molar-refractivity contribution is 6.76. The van der Waals surface area contributed by atoms with Gasteiger partial charge in [-0.15, -0.1) is 0 Å². The van der Waals surface area contributed by atoms with Gasteiger partial charge in [-0.1, -0.05) is 31.8 Å². The molecule has 2 heterocycles. The van der Waals surface area contributed by atoms with E-state index in [0.29, 0.717) is 17.7 Å². The maximum Gasteiger partial charge on any atom is 0.345 e. The minimum Gasteiger partial charge on any atom is -0.422 e. The van der Waals surface area contributed by atoms with Crippen molar-refractivity contribution in [3.63, 3.8) is 0 Å². The summed E-state index contributed by atoms with van der Waals surface area (Å²) in [5, 5.41) is 1.54. The largest absolute Gasteiger partial charge is 0.422 e. The molecule has 5 heteroatoms. The van der Waals surface area contributed by atoms with Crippen molar-refractivity contribution in [1.29, 1.82) is 0 Å². The van der Waals surface area contributed by atoms with Crippen LogP contribution in [0.1, 0.15) is 0 Å². The maximum absolute atomic E-state index is 12.1. The Morgan fingerprint density at radius 2 is 1.91 bits per heavy atom. The molecule has 0 bridgehead atoms. The number of hydrogen-bond donors (Lipinski definition) is 0. The van der Waals surface area contributed by atoms with Crippen LogP contribution in [0.3, 0.4) is 0 Å². The minimum absolute atomic E-state index is 0.297. The Bertz CT molecular complexity index is 858. The zero-order valence-electron chi connectivity index (χ0n) is 13.3. The van der Waals surface area contributed by atoms with Gasteiger partial charge in [0.25, 0.3) is 0 Å². The van der Waals surface area contributed by atoms with Crippen molar-refractivity contribution in [2.45, 2.75) is 32.4 Å². The molecular formula is C17H21NO3Si. The van der Waals surface area contributed by atoms with Crippen LogP contribution in [-0.2, 0) is 11.5 Å². The number of fused-ring (bicyclic) bond motifs is 3. The Labute approximate surface area is 130 Å². The van der Waals surface area contributed by atoms with Gasteiger partial charge in [-0.25, -0.2) is 4.79 Å². The first-order valence-electron chi connectivity index (χ1n) is 7.54. The molecule has 0 saturated carbocycles. The van der Waals surface area contributed by atoms with E-state index < -0.39 is 8.07 Å². The molecule has 4 nitrogen and oxygen atoms in total. The lowest BCUT2D eigenvalue weighted by atomic mass is 10.2. The molecule has 0 fully saturated rings. The van der Waals surface area contributed by atoms with E-state index in [0.717, 1.165) is 23.6 Å². The Balaban J connectivity index is 1.92. The zero-order chi connectivity index (χ0) is 15.7. The predicted octanol–water partition coefficient (Wildman–Crippen LogP) is 4.06. The standard InChI is InChI=1S/C17H21NO3Si/c1-22(2,3)11-10-20-12-18-9-8-14-16(18)13-6-4-5-7-15(13)21-17(14)19/h4-9H,10-12H2,1-3H3. The van der Waals surface area contributed by atoms with E-state index in [2.05, 4.69) is 19.6 Å². The highest BCUT2D eigenvalue weighted by Crippen LogP contribution is 2.23. The molecule has 0 unspecified atom stereocenters. The molecule has 0 atom stereocenters. The highest BCUT2D eigenvalue weighted by Gasteiger charge is 2.13. The number of ether oxygens (including phenoxy) is 1. The smallest absolute Gasteiger partial charge is 0.345 e. The Morgan fingerprint density at radius 1 is 1.14 bits per heavy atom. The average molecular weight is 315 g/mol. The minimum atomic E-state index is -1.08. The summed E-state index contributed by atoms with van der Waals surface area (Å²) in [6.45, 7) is 8.22. The number of para-hydroxylation sites is 1. The molecule has 0 aliphatic carbocycles. The van der Waals surface area contributed by atoms with E-state index in [-0.39, 0.29) is 5.63 Å². The van der Waals surface area contributed by atoms with E-state index >= 15 is 0 Å². The van der Waals surface area contributed by atoms with Crippen LogP contribution in [0.4, 0.5) is 0 Å². The molecule has 0 aliphatic heterocycles. The first-order chi connectivity index (χ1) is 10.5. The lowest BCUT2D eigenvalue weighted by Gasteiger charge is -2.16. The van der Waals surface area contributed by atoms with Gasteiger partial charge in [-0.2, -0.15) is 0 Å². The highest BCUT2D eigenvalue weighted by atomic mass is 28.3. The molecule has 22 heavy (non-hydrogen) atoms. The maximum atomic E-state index is 12.1. The predicted molar refractivity (Wildman–Crippen MR) is 92.1 cm³/mol. The molecule has 0 saturated heterocycles. The normalized spacial score (nSPS) is 12.3. The molecule has 0 aliphatic rings. The van der Waals surface area contributed by atoms with Gasteiger partial charge < -0.3 is 13.7 Å². The quantitative estimate of drug-likeness (QED) is 0.405.